The van der Waals surface area contributed by atoms with Crippen LogP contribution in [0.5, 0.6) is 0 Å². The first-order chi connectivity index (χ1) is 9.56. The second-order valence-corrected chi connectivity index (χ2v) is 5.81. The number of hydrogen-bond donors (Lipinski definition) is 2. The lowest BCUT2D eigenvalue weighted by atomic mass is 10.1. The van der Waals surface area contributed by atoms with Crippen LogP contribution >= 0.6 is 11.3 Å². The van der Waals surface area contributed by atoms with Crippen LogP contribution in [0.3, 0.4) is 0 Å². The number of carboxylic acid groups (broad SMARTS) is 1. The van der Waals surface area contributed by atoms with E-state index in [2.05, 4.69) is 29.4 Å². The fraction of sp³-hybridized carbons (Fsp3) is 0.333. The highest BCUT2D eigenvalue weighted by molar-refractivity contribution is 7.17. The fourth-order valence-electron chi connectivity index (χ4n) is 1.97. The lowest BCUT2D eigenvalue weighted by Crippen LogP contribution is -2.15. The number of aromatic nitrogens is 1. The molecule has 0 saturated carbocycles. The van der Waals surface area contributed by atoms with Gasteiger partial charge in [-0.25, -0.2) is 9.78 Å². The summed E-state index contributed by atoms with van der Waals surface area (Å²) >= 11 is 1.20. The standard InChI is InChI=1S/C15H18N2O2S/c1-10(8-9-12-6-4-3-5-7-12)16-15-17-11(2)13(20-15)14(18)19/h3-7,10H,8-9H2,1-2H3,(H,16,17)(H,18,19). The minimum Gasteiger partial charge on any atom is -0.477 e. The molecule has 0 bridgehead atoms. The van der Waals surface area contributed by atoms with Crippen LogP contribution in [0, 0.1) is 6.92 Å². The first kappa shape index (κ1) is 14.5. The predicted octanol–water partition coefficient (Wildman–Crippen LogP) is 3.58. The van der Waals surface area contributed by atoms with Gasteiger partial charge < -0.3 is 10.4 Å². The van der Waals surface area contributed by atoms with Crippen molar-refractivity contribution in [3.8, 4) is 0 Å². The van der Waals surface area contributed by atoms with Crippen LogP contribution < -0.4 is 5.32 Å². The number of aromatic carboxylic acids is 1. The van der Waals surface area contributed by atoms with Crippen molar-refractivity contribution in [2.24, 2.45) is 0 Å². The average molecular weight is 290 g/mol. The highest BCUT2D eigenvalue weighted by atomic mass is 32.1. The summed E-state index contributed by atoms with van der Waals surface area (Å²) in [6.45, 7) is 3.81. The van der Waals surface area contributed by atoms with E-state index in [4.69, 9.17) is 5.11 Å². The number of carbonyl (C=O) groups is 1. The van der Waals surface area contributed by atoms with Crippen LogP contribution in [-0.4, -0.2) is 22.1 Å². The molecule has 1 heterocycles. The molecule has 1 unspecified atom stereocenters. The maximum atomic E-state index is 11.0. The number of rotatable bonds is 6. The molecule has 0 fully saturated rings. The molecule has 1 aromatic heterocycles. The summed E-state index contributed by atoms with van der Waals surface area (Å²) in [5, 5.41) is 13.0. The number of nitrogens with zero attached hydrogens (tertiary/aromatic N) is 1. The second kappa shape index (κ2) is 6.52. The van der Waals surface area contributed by atoms with E-state index in [1.54, 1.807) is 6.92 Å². The van der Waals surface area contributed by atoms with E-state index >= 15 is 0 Å². The number of benzene rings is 1. The van der Waals surface area contributed by atoms with Gasteiger partial charge in [0, 0.05) is 6.04 Å². The predicted molar refractivity (Wildman–Crippen MR) is 81.7 cm³/mol. The number of hydrogen-bond acceptors (Lipinski definition) is 4. The van der Waals surface area contributed by atoms with Gasteiger partial charge in [0.25, 0.3) is 0 Å². The third kappa shape index (κ3) is 3.81. The molecule has 20 heavy (non-hydrogen) atoms. The van der Waals surface area contributed by atoms with Gasteiger partial charge in [-0.1, -0.05) is 41.7 Å². The van der Waals surface area contributed by atoms with Gasteiger partial charge in [0.2, 0.25) is 0 Å². The quantitative estimate of drug-likeness (QED) is 0.853. The summed E-state index contributed by atoms with van der Waals surface area (Å²) in [5.74, 6) is -0.912. The van der Waals surface area contributed by atoms with E-state index in [1.165, 1.54) is 16.9 Å². The summed E-state index contributed by atoms with van der Waals surface area (Å²) in [5.41, 5.74) is 1.88. The highest BCUT2D eigenvalue weighted by Gasteiger charge is 2.14. The topological polar surface area (TPSA) is 62.2 Å². The van der Waals surface area contributed by atoms with Gasteiger partial charge in [-0.05, 0) is 32.3 Å². The van der Waals surface area contributed by atoms with Crippen molar-refractivity contribution in [2.75, 3.05) is 5.32 Å². The Bertz CT molecular complexity index is 581. The van der Waals surface area contributed by atoms with Crippen LogP contribution in [0.4, 0.5) is 5.13 Å². The third-order valence-electron chi connectivity index (χ3n) is 3.07. The van der Waals surface area contributed by atoms with Crippen LogP contribution in [0.1, 0.15) is 34.3 Å². The number of carboxylic acids is 1. The molecule has 2 rings (SSSR count). The number of anilines is 1. The maximum absolute atomic E-state index is 11.0. The van der Waals surface area contributed by atoms with Gasteiger partial charge in [-0.3, -0.25) is 0 Å². The Morgan fingerprint density at radius 2 is 2.10 bits per heavy atom. The molecule has 0 spiro atoms. The molecule has 0 radical (unpaired) electrons. The van der Waals surface area contributed by atoms with E-state index in [0.29, 0.717) is 15.7 Å². The Morgan fingerprint density at radius 1 is 1.40 bits per heavy atom. The molecule has 0 amide bonds. The minimum atomic E-state index is -0.912. The number of thiazole rings is 1. The van der Waals surface area contributed by atoms with Crippen LogP contribution in [-0.2, 0) is 6.42 Å². The SMILES string of the molecule is Cc1nc(NC(C)CCc2ccccc2)sc1C(=O)O. The Balaban J connectivity index is 1.90. The van der Waals surface area contributed by atoms with E-state index in [0.717, 1.165) is 12.8 Å². The lowest BCUT2D eigenvalue weighted by Gasteiger charge is -2.12. The van der Waals surface area contributed by atoms with Gasteiger partial charge >= 0.3 is 5.97 Å². The maximum Gasteiger partial charge on any atom is 0.347 e. The molecule has 0 aliphatic rings. The Kier molecular flexibility index (Phi) is 4.74. The van der Waals surface area contributed by atoms with Crippen molar-refractivity contribution < 1.29 is 9.90 Å². The Morgan fingerprint density at radius 3 is 2.70 bits per heavy atom. The summed E-state index contributed by atoms with van der Waals surface area (Å²) in [4.78, 5) is 15.5. The van der Waals surface area contributed by atoms with Gasteiger partial charge in [0.1, 0.15) is 4.88 Å². The fourth-order valence-corrected chi connectivity index (χ4v) is 2.88. The summed E-state index contributed by atoms with van der Waals surface area (Å²) < 4.78 is 0. The van der Waals surface area contributed by atoms with E-state index in [-0.39, 0.29) is 6.04 Å². The third-order valence-corrected chi connectivity index (χ3v) is 4.15. The van der Waals surface area contributed by atoms with Gasteiger partial charge in [0.05, 0.1) is 5.69 Å². The molecule has 0 saturated heterocycles. The Labute approximate surface area is 122 Å². The van der Waals surface area contributed by atoms with Crippen molar-refractivity contribution in [3.63, 3.8) is 0 Å². The smallest absolute Gasteiger partial charge is 0.347 e. The molecule has 0 aliphatic heterocycles. The monoisotopic (exact) mass is 290 g/mol. The minimum absolute atomic E-state index is 0.252. The van der Waals surface area contributed by atoms with E-state index < -0.39 is 5.97 Å². The van der Waals surface area contributed by atoms with Crippen LogP contribution in [0.2, 0.25) is 0 Å². The largest absolute Gasteiger partial charge is 0.477 e. The molecule has 1 atom stereocenters. The number of nitrogens with one attached hydrogen (secondary N) is 1. The second-order valence-electron chi connectivity index (χ2n) is 4.81. The van der Waals surface area contributed by atoms with Crippen molar-refractivity contribution in [3.05, 3.63) is 46.5 Å². The first-order valence-corrected chi connectivity index (χ1v) is 7.39. The first-order valence-electron chi connectivity index (χ1n) is 6.57. The molecule has 4 nitrogen and oxygen atoms in total. The van der Waals surface area contributed by atoms with Crippen molar-refractivity contribution in [1.29, 1.82) is 0 Å². The van der Waals surface area contributed by atoms with Crippen LogP contribution in [0.25, 0.3) is 0 Å². The lowest BCUT2D eigenvalue weighted by molar-refractivity contribution is 0.0701. The normalized spacial score (nSPS) is 12.1. The van der Waals surface area contributed by atoms with Gasteiger partial charge in [-0.15, -0.1) is 0 Å². The molecular weight excluding hydrogens is 272 g/mol. The van der Waals surface area contributed by atoms with Crippen molar-refractivity contribution in [1.82, 2.24) is 4.98 Å². The van der Waals surface area contributed by atoms with Gasteiger partial charge in [-0.2, -0.15) is 0 Å². The van der Waals surface area contributed by atoms with E-state index in [1.807, 2.05) is 18.2 Å². The molecule has 2 aromatic rings. The van der Waals surface area contributed by atoms with Crippen molar-refractivity contribution in [2.45, 2.75) is 32.7 Å². The zero-order chi connectivity index (χ0) is 14.5. The molecule has 2 N–H and O–H groups in total. The molecule has 5 heteroatoms. The zero-order valence-electron chi connectivity index (χ0n) is 11.6. The van der Waals surface area contributed by atoms with Crippen LogP contribution in [0.15, 0.2) is 30.3 Å². The molecule has 0 aliphatic carbocycles. The summed E-state index contributed by atoms with van der Waals surface area (Å²) in [6.07, 6.45) is 1.97. The summed E-state index contributed by atoms with van der Waals surface area (Å²) in [7, 11) is 0. The van der Waals surface area contributed by atoms with Gasteiger partial charge in [0.15, 0.2) is 5.13 Å². The average Bonchev–Trinajstić information content (AvgIpc) is 2.78. The van der Waals surface area contributed by atoms with E-state index in [9.17, 15) is 4.79 Å². The Hall–Kier alpha value is -1.88. The highest BCUT2D eigenvalue weighted by Crippen LogP contribution is 2.23. The zero-order valence-corrected chi connectivity index (χ0v) is 12.4. The van der Waals surface area contributed by atoms with Crippen molar-refractivity contribution >= 4 is 22.4 Å². The molecular formula is C15H18N2O2S. The summed E-state index contributed by atoms with van der Waals surface area (Å²) in [6, 6.07) is 10.6. The molecule has 106 valence electrons. The molecule has 1 aromatic carbocycles. The number of aryl methyl sites for hydroxylation is 2.